The van der Waals surface area contributed by atoms with Crippen molar-refractivity contribution < 1.29 is 4.74 Å². The van der Waals surface area contributed by atoms with E-state index in [-0.39, 0.29) is 11.3 Å². The minimum atomic E-state index is 0.227. The van der Waals surface area contributed by atoms with E-state index in [1.54, 1.807) is 7.11 Å². The highest BCUT2D eigenvalue weighted by atomic mass is 35.5. The Hall–Kier alpha value is -2.33. The van der Waals surface area contributed by atoms with E-state index in [0.717, 1.165) is 29.7 Å². The summed E-state index contributed by atoms with van der Waals surface area (Å²) in [6.45, 7) is 5.30. The first-order valence-electron chi connectivity index (χ1n) is 8.45. The van der Waals surface area contributed by atoms with Crippen LogP contribution in [0.4, 0.5) is 5.82 Å². The number of benzene rings is 2. The lowest BCUT2D eigenvalue weighted by Gasteiger charge is -2.37. The van der Waals surface area contributed by atoms with Gasteiger partial charge in [0.15, 0.2) is 0 Å². The summed E-state index contributed by atoms with van der Waals surface area (Å²) in [5.41, 5.74) is 4.88. The van der Waals surface area contributed by atoms with Crippen LogP contribution in [0.2, 0.25) is 5.28 Å². The normalized spacial score (nSPS) is 16.8. The highest BCUT2D eigenvalue weighted by molar-refractivity contribution is 6.29. The van der Waals surface area contributed by atoms with Crippen LogP contribution in [0.15, 0.2) is 36.4 Å². The second kappa shape index (κ2) is 6.19. The average Bonchev–Trinajstić information content (AvgIpc) is 2.61. The summed E-state index contributed by atoms with van der Waals surface area (Å²) >= 11 is 6.25. The number of rotatable bonds is 2. The van der Waals surface area contributed by atoms with Crippen molar-refractivity contribution in [2.75, 3.05) is 18.6 Å². The number of nitrogens with zero attached hydrogens (tertiary/aromatic N) is 3. The van der Waals surface area contributed by atoms with E-state index in [1.165, 1.54) is 16.7 Å². The van der Waals surface area contributed by atoms with Crippen molar-refractivity contribution in [1.82, 2.24) is 9.97 Å². The first-order chi connectivity index (χ1) is 12.1. The Morgan fingerprint density at radius 3 is 2.76 bits per heavy atom. The maximum Gasteiger partial charge on any atom is 0.225 e. The Morgan fingerprint density at radius 2 is 1.96 bits per heavy atom. The third-order valence-corrected chi connectivity index (χ3v) is 5.22. The summed E-state index contributed by atoms with van der Waals surface area (Å²) < 4.78 is 5.46. The Labute approximate surface area is 152 Å². The molecule has 0 fully saturated rings. The molecule has 1 aromatic heterocycles. The third-order valence-electron chi connectivity index (χ3n) is 5.06. The fraction of sp³-hybridized carbons (Fsp3) is 0.300. The lowest BCUT2D eigenvalue weighted by molar-refractivity contribution is 0.419. The molecule has 25 heavy (non-hydrogen) atoms. The molecule has 0 bridgehead atoms. The van der Waals surface area contributed by atoms with E-state index in [4.69, 9.17) is 16.3 Å². The van der Waals surface area contributed by atoms with Gasteiger partial charge in [0.25, 0.3) is 0 Å². The predicted octanol–water partition coefficient (Wildman–Crippen LogP) is 4.72. The topological polar surface area (TPSA) is 38.2 Å². The molecule has 1 atom stereocenters. The van der Waals surface area contributed by atoms with Crippen LogP contribution in [0.25, 0.3) is 10.9 Å². The largest absolute Gasteiger partial charge is 0.494 e. The summed E-state index contributed by atoms with van der Waals surface area (Å²) in [4.78, 5) is 11.3. The number of fused-ring (bicyclic) bond motifs is 2. The van der Waals surface area contributed by atoms with E-state index < -0.39 is 0 Å². The highest BCUT2D eigenvalue weighted by Gasteiger charge is 2.28. The number of ether oxygens (including phenoxy) is 1. The van der Waals surface area contributed by atoms with E-state index in [1.807, 2.05) is 18.2 Å². The van der Waals surface area contributed by atoms with Crippen LogP contribution in [0.3, 0.4) is 0 Å². The zero-order valence-electron chi connectivity index (χ0n) is 14.6. The fourth-order valence-electron chi connectivity index (χ4n) is 3.90. The van der Waals surface area contributed by atoms with Crippen LogP contribution in [0.1, 0.15) is 29.7 Å². The molecule has 5 heteroatoms. The smallest absolute Gasteiger partial charge is 0.225 e. The molecule has 0 amide bonds. The molecule has 3 aromatic rings. The molecule has 0 N–H and O–H groups in total. The third kappa shape index (κ3) is 2.61. The van der Waals surface area contributed by atoms with E-state index in [0.29, 0.717) is 5.75 Å². The van der Waals surface area contributed by atoms with Crippen molar-refractivity contribution in [3.05, 3.63) is 58.4 Å². The van der Waals surface area contributed by atoms with E-state index in [9.17, 15) is 0 Å². The van der Waals surface area contributed by atoms with Gasteiger partial charge in [0.05, 0.1) is 13.2 Å². The highest BCUT2D eigenvalue weighted by Crippen LogP contribution is 2.39. The number of hydrogen-bond donors (Lipinski definition) is 0. The summed E-state index contributed by atoms with van der Waals surface area (Å²) in [5.74, 6) is 1.58. The minimum absolute atomic E-state index is 0.227. The van der Waals surface area contributed by atoms with Crippen LogP contribution in [0.5, 0.6) is 5.75 Å². The molecular weight excluding hydrogens is 334 g/mol. The molecule has 128 valence electrons. The fourth-order valence-corrected chi connectivity index (χ4v) is 4.07. The monoisotopic (exact) mass is 353 g/mol. The van der Waals surface area contributed by atoms with Crippen LogP contribution in [-0.4, -0.2) is 23.6 Å². The molecule has 0 aliphatic carbocycles. The van der Waals surface area contributed by atoms with Gasteiger partial charge in [-0.15, -0.1) is 0 Å². The van der Waals surface area contributed by atoms with Gasteiger partial charge in [0.2, 0.25) is 5.28 Å². The minimum Gasteiger partial charge on any atom is -0.494 e. The summed E-state index contributed by atoms with van der Waals surface area (Å²) in [6, 6.07) is 12.7. The second-order valence-corrected chi connectivity index (χ2v) is 6.78. The van der Waals surface area contributed by atoms with Crippen molar-refractivity contribution in [2.24, 2.45) is 0 Å². The molecule has 4 nitrogen and oxygen atoms in total. The number of methoxy groups -OCH3 is 1. The van der Waals surface area contributed by atoms with Gasteiger partial charge in [0, 0.05) is 11.9 Å². The lowest BCUT2D eigenvalue weighted by Crippen LogP contribution is -2.35. The molecule has 0 saturated heterocycles. The number of halogens is 1. The predicted molar refractivity (Wildman–Crippen MR) is 102 cm³/mol. The van der Waals surface area contributed by atoms with Gasteiger partial charge < -0.3 is 9.64 Å². The Bertz CT molecular complexity index is 957. The lowest BCUT2D eigenvalue weighted by atomic mass is 9.90. The second-order valence-electron chi connectivity index (χ2n) is 6.44. The Kier molecular flexibility index (Phi) is 4.00. The molecule has 1 unspecified atom stereocenters. The van der Waals surface area contributed by atoms with Gasteiger partial charge >= 0.3 is 0 Å². The van der Waals surface area contributed by atoms with Crippen LogP contribution in [0, 0.1) is 6.92 Å². The molecule has 2 heterocycles. The zero-order valence-corrected chi connectivity index (χ0v) is 15.3. The van der Waals surface area contributed by atoms with E-state index in [2.05, 4.69) is 46.9 Å². The number of para-hydroxylation sites is 1. The SMILES string of the molecule is COc1cccc2c(N3CCc4cccc(C)c4C3C)nc(Cl)nc12. The van der Waals surface area contributed by atoms with Gasteiger partial charge in [-0.25, -0.2) is 4.98 Å². The number of aryl methyl sites for hydroxylation is 1. The van der Waals surface area contributed by atoms with Crippen molar-refractivity contribution in [3.8, 4) is 5.75 Å². The van der Waals surface area contributed by atoms with Crippen molar-refractivity contribution >= 4 is 28.3 Å². The van der Waals surface area contributed by atoms with Gasteiger partial charge in [-0.05, 0) is 60.7 Å². The number of anilines is 1. The van der Waals surface area contributed by atoms with Gasteiger partial charge in [-0.3, -0.25) is 0 Å². The van der Waals surface area contributed by atoms with Gasteiger partial charge in [0.1, 0.15) is 17.1 Å². The maximum absolute atomic E-state index is 6.25. The Balaban J connectivity index is 1.90. The number of aromatic nitrogens is 2. The first-order valence-corrected chi connectivity index (χ1v) is 8.83. The maximum atomic E-state index is 6.25. The van der Waals surface area contributed by atoms with Crippen LogP contribution >= 0.6 is 11.6 Å². The first kappa shape index (κ1) is 16.2. The molecular formula is C20H20ClN3O. The average molecular weight is 354 g/mol. The quantitative estimate of drug-likeness (QED) is 0.624. The molecule has 0 radical (unpaired) electrons. The summed E-state index contributed by atoms with van der Waals surface area (Å²) in [7, 11) is 1.65. The van der Waals surface area contributed by atoms with Crippen molar-refractivity contribution in [1.29, 1.82) is 0 Å². The van der Waals surface area contributed by atoms with Crippen LogP contribution in [-0.2, 0) is 6.42 Å². The summed E-state index contributed by atoms with van der Waals surface area (Å²) in [6.07, 6.45) is 0.994. The molecule has 2 aromatic carbocycles. The number of hydrogen-bond acceptors (Lipinski definition) is 4. The Morgan fingerprint density at radius 1 is 1.16 bits per heavy atom. The van der Waals surface area contributed by atoms with Gasteiger partial charge in [-0.2, -0.15) is 4.98 Å². The van der Waals surface area contributed by atoms with Crippen molar-refractivity contribution in [2.45, 2.75) is 26.3 Å². The standard InChI is InChI=1S/C20H20ClN3O/c1-12-6-4-7-14-10-11-24(13(2)17(12)14)19-15-8-5-9-16(25-3)18(15)22-20(21)23-19/h4-9,13H,10-11H2,1-3H3. The van der Waals surface area contributed by atoms with Crippen molar-refractivity contribution in [3.63, 3.8) is 0 Å². The van der Waals surface area contributed by atoms with Gasteiger partial charge in [-0.1, -0.05) is 24.3 Å². The molecule has 1 aliphatic rings. The molecule has 0 spiro atoms. The molecule has 0 saturated carbocycles. The van der Waals surface area contributed by atoms with E-state index >= 15 is 0 Å². The molecule has 1 aliphatic heterocycles. The summed E-state index contributed by atoms with van der Waals surface area (Å²) in [5, 5.41) is 1.21. The van der Waals surface area contributed by atoms with Crippen LogP contribution < -0.4 is 9.64 Å². The zero-order chi connectivity index (χ0) is 17.6. The molecule has 4 rings (SSSR count).